The van der Waals surface area contributed by atoms with Crippen LogP contribution in [0.25, 0.3) is 0 Å². The van der Waals surface area contributed by atoms with Crippen LogP contribution in [0.5, 0.6) is 0 Å². The molecule has 1 N–H and O–H groups in total. The van der Waals surface area contributed by atoms with Gasteiger partial charge in [-0.3, -0.25) is 14.2 Å². The monoisotopic (exact) mass is 1040 g/mol. The van der Waals surface area contributed by atoms with Gasteiger partial charge in [-0.2, -0.15) is 0 Å². The zero-order valence-electron chi connectivity index (χ0n) is 47.8. The molecule has 0 aromatic carbocycles. The number of nitrogens with zero attached hydrogens (tertiary/aromatic N) is 1. The third kappa shape index (κ3) is 53.6. The number of amides is 1. The van der Waals surface area contributed by atoms with Crippen LogP contribution in [0.15, 0.2) is 97.2 Å². The van der Waals surface area contributed by atoms with E-state index in [9.17, 15) is 19.0 Å². The van der Waals surface area contributed by atoms with Crippen molar-refractivity contribution in [3.8, 4) is 0 Å². The molecule has 0 spiro atoms. The lowest BCUT2D eigenvalue weighted by molar-refractivity contribution is -0.870. The van der Waals surface area contributed by atoms with Crippen LogP contribution in [0.2, 0.25) is 0 Å². The average molecular weight is 1040 g/mol. The molecular weight excluding hydrogens is 928 g/mol. The van der Waals surface area contributed by atoms with E-state index in [1.165, 1.54) is 77.0 Å². The molecule has 420 valence electrons. The summed E-state index contributed by atoms with van der Waals surface area (Å²) in [5.74, 6) is -0.598. The number of rotatable bonds is 52. The normalized spacial score (nSPS) is 14.5. The van der Waals surface area contributed by atoms with Crippen molar-refractivity contribution in [2.45, 2.75) is 251 Å². The molecule has 10 heteroatoms. The lowest BCUT2D eigenvalue weighted by atomic mass is 10.0. The molecule has 0 aliphatic heterocycles. The molecule has 0 aromatic rings. The molecule has 73 heavy (non-hydrogen) atoms. The summed E-state index contributed by atoms with van der Waals surface area (Å²) >= 11 is 0. The Balaban J connectivity index is 5.39. The van der Waals surface area contributed by atoms with E-state index >= 15 is 0 Å². The second-order valence-electron chi connectivity index (χ2n) is 20.8. The van der Waals surface area contributed by atoms with Crippen molar-refractivity contribution in [1.29, 1.82) is 0 Å². The number of quaternary nitrogens is 1. The summed E-state index contributed by atoms with van der Waals surface area (Å²) in [7, 11) is 1.14. The fourth-order valence-corrected chi connectivity index (χ4v) is 8.65. The van der Waals surface area contributed by atoms with Crippen LogP contribution in [0.4, 0.5) is 0 Å². The van der Waals surface area contributed by atoms with E-state index in [4.69, 9.17) is 13.8 Å². The van der Waals surface area contributed by atoms with E-state index in [0.29, 0.717) is 23.9 Å². The molecule has 0 fully saturated rings. The average Bonchev–Trinajstić information content (AvgIpc) is 3.35. The van der Waals surface area contributed by atoms with Gasteiger partial charge in [0.15, 0.2) is 0 Å². The third-order valence-electron chi connectivity index (χ3n) is 12.5. The zero-order valence-corrected chi connectivity index (χ0v) is 48.7. The van der Waals surface area contributed by atoms with Crippen molar-refractivity contribution in [2.75, 3.05) is 40.9 Å². The number of carbonyl (C=O) groups excluding carboxylic acids is 2. The molecule has 3 atom stereocenters. The number of unbranched alkanes of at least 4 members (excludes halogenated alkanes) is 22. The van der Waals surface area contributed by atoms with E-state index in [2.05, 4.69) is 111 Å². The van der Waals surface area contributed by atoms with Crippen LogP contribution in [-0.2, 0) is 27.9 Å². The second kappa shape index (κ2) is 52.4. The fourth-order valence-electron chi connectivity index (χ4n) is 7.93. The Kier molecular flexibility index (Phi) is 50.2. The third-order valence-corrected chi connectivity index (χ3v) is 13.5. The highest BCUT2D eigenvalue weighted by molar-refractivity contribution is 7.45. The number of esters is 1. The molecule has 0 aliphatic carbocycles. The van der Waals surface area contributed by atoms with Gasteiger partial charge in [0.2, 0.25) is 5.91 Å². The highest BCUT2D eigenvalue weighted by atomic mass is 31.2. The first-order valence-electron chi connectivity index (χ1n) is 29.5. The first kappa shape index (κ1) is 69.9. The van der Waals surface area contributed by atoms with Gasteiger partial charge in [-0.1, -0.05) is 215 Å². The predicted molar refractivity (Wildman–Crippen MR) is 311 cm³/mol. The molecule has 3 unspecified atom stereocenters. The topological polar surface area (TPSA) is 114 Å². The smallest absolute Gasteiger partial charge is 0.306 e. The van der Waals surface area contributed by atoms with Crippen molar-refractivity contribution < 1.29 is 37.3 Å². The number of phosphoric acid groups is 1. The Hall–Kier alpha value is -3.07. The summed E-state index contributed by atoms with van der Waals surface area (Å²) in [5, 5.41) is 3.00. The molecule has 0 aromatic heterocycles. The molecule has 9 nitrogen and oxygen atoms in total. The van der Waals surface area contributed by atoms with Crippen LogP contribution in [0.1, 0.15) is 239 Å². The maximum atomic E-state index is 13.5. The highest BCUT2D eigenvalue weighted by Gasteiger charge is 2.27. The van der Waals surface area contributed by atoms with E-state index in [1.54, 1.807) is 0 Å². The van der Waals surface area contributed by atoms with Crippen LogP contribution >= 0.6 is 7.82 Å². The molecule has 0 saturated carbocycles. The summed E-state index contributed by atoms with van der Waals surface area (Å²) in [6.07, 6.45) is 69.4. The summed E-state index contributed by atoms with van der Waals surface area (Å²) in [5.41, 5.74) is 0. The molecule has 0 aliphatic rings. The van der Waals surface area contributed by atoms with Gasteiger partial charge in [-0.15, -0.1) is 0 Å². The Morgan fingerprint density at radius 1 is 0.493 bits per heavy atom. The van der Waals surface area contributed by atoms with Crippen molar-refractivity contribution in [1.82, 2.24) is 5.32 Å². The van der Waals surface area contributed by atoms with Gasteiger partial charge in [0.25, 0.3) is 7.82 Å². The van der Waals surface area contributed by atoms with Gasteiger partial charge in [0.05, 0.1) is 33.8 Å². The molecule has 1 amide bonds. The van der Waals surface area contributed by atoms with E-state index in [-0.39, 0.29) is 31.3 Å². The molecular formula is C63H111N2O7P. The molecule has 0 saturated heterocycles. The molecule has 0 radical (unpaired) electrons. The number of hydrogen-bond acceptors (Lipinski definition) is 7. The lowest BCUT2D eigenvalue weighted by Gasteiger charge is -2.30. The summed E-state index contributed by atoms with van der Waals surface area (Å²) < 4.78 is 30.2. The van der Waals surface area contributed by atoms with Crippen molar-refractivity contribution in [2.24, 2.45) is 0 Å². The number of phosphoric ester groups is 1. The van der Waals surface area contributed by atoms with Crippen LogP contribution < -0.4 is 10.2 Å². The Labute approximate surface area is 449 Å². The van der Waals surface area contributed by atoms with Gasteiger partial charge < -0.3 is 28.5 Å². The predicted octanol–water partition coefficient (Wildman–Crippen LogP) is 17.4. The van der Waals surface area contributed by atoms with Gasteiger partial charge in [0, 0.05) is 12.8 Å². The SMILES string of the molecule is CC/C=C/C/C=C/C/C=C/C/C=C/CCCCCC(=O)NC(COP(=O)([O-])OCC[N+](C)(C)C)C(/C=C/CCCCCCCCCCCC)OC(=O)CCCCCCCC/C=C\C/C=C\C/C=C\CCCCC. The number of likely N-dealkylation sites (N-methyl/N-ethyl adjacent to an activating group) is 1. The Morgan fingerprint density at radius 2 is 0.877 bits per heavy atom. The van der Waals surface area contributed by atoms with E-state index < -0.39 is 26.6 Å². The minimum Gasteiger partial charge on any atom is -0.756 e. The number of hydrogen-bond donors (Lipinski definition) is 1. The Morgan fingerprint density at radius 3 is 1.36 bits per heavy atom. The molecule has 0 bridgehead atoms. The van der Waals surface area contributed by atoms with Crippen LogP contribution in [-0.4, -0.2) is 69.4 Å². The minimum atomic E-state index is -4.71. The maximum absolute atomic E-state index is 13.5. The number of carbonyl (C=O) groups is 2. The maximum Gasteiger partial charge on any atom is 0.306 e. The standard InChI is InChI=1S/C63H111N2O7P/c1-7-10-13-16-19-22-25-28-30-32-33-34-36-38-41-44-47-50-53-56-63(67)72-61(54-51-48-45-42-39-27-24-21-18-15-12-9-3)60(59-71-73(68,69)70-58-57-65(4,5)6)64-62(66)55-52-49-46-43-40-37-35-31-29-26-23-20-17-14-11-8-2/h11,14,19-20,22-23,28-31,33-34,37,40,51,54,60-61H,7-10,12-13,15-18,21,24-27,32,35-36,38-39,41-50,52-53,55-59H2,1-6H3,(H-,64,66,68,69)/b14-11+,22-19-,23-20+,30-28-,31-29+,34-33-,40-37+,54-51+. The fraction of sp³-hybridized carbons (Fsp3) is 0.714. The van der Waals surface area contributed by atoms with Gasteiger partial charge in [-0.25, -0.2) is 0 Å². The van der Waals surface area contributed by atoms with Gasteiger partial charge >= 0.3 is 5.97 Å². The summed E-state index contributed by atoms with van der Waals surface area (Å²) in [6, 6.07) is -0.915. The van der Waals surface area contributed by atoms with E-state index in [0.717, 1.165) is 116 Å². The number of allylic oxidation sites excluding steroid dienone is 15. The van der Waals surface area contributed by atoms with Crippen molar-refractivity contribution in [3.05, 3.63) is 97.2 Å². The summed E-state index contributed by atoms with van der Waals surface area (Å²) in [6.45, 7) is 6.65. The number of ether oxygens (including phenoxy) is 1. The number of nitrogens with one attached hydrogen (secondary N) is 1. The lowest BCUT2D eigenvalue weighted by Crippen LogP contribution is -2.47. The quantitative estimate of drug-likeness (QED) is 0.0212. The van der Waals surface area contributed by atoms with Gasteiger partial charge in [0.1, 0.15) is 19.3 Å². The first-order chi connectivity index (χ1) is 35.4. The summed E-state index contributed by atoms with van der Waals surface area (Å²) in [4.78, 5) is 39.9. The minimum absolute atomic E-state index is 0.0357. The van der Waals surface area contributed by atoms with Crippen molar-refractivity contribution in [3.63, 3.8) is 0 Å². The largest absolute Gasteiger partial charge is 0.756 e. The van der Waals surface area contributed by atoms with Crippen LogP contribution in [0.3, 0.4) is 0 Å². The molecule has 0 rings (SSSR count). The van der Waals surface area contributed by atoms with Crippen LogP contribution in [0, 0.1) is 0 Å². The first-order valence-corrected chi connectivity index (χ1v) is 31.0. The van der Waals surface area contributed by atoms with Crippen molar-refractivity contribution >= 4 is 19.7 Å². The second-order valence-corrected chi connectivity index (χ2v) is 22.2. The highest BCUT2D eigenvalue weighted by Crippen LogP contribution is 2.38. The molecule has 0 heterocycles. The van der Waals surface area contributed by atoms with Gasteiger partial charge in [-0.05, 0) is 109 Å². The van der Waals surface area contributed by atoms with E-state index in [1.807, 2.05) is 33.3 Å². The Bertz CT molecular complexity index is 1570. The zero-order chi connectivity index (χ0) is 53.6.